The number of H-pyrrole nitrogens is 1. The molecule has 0 atom stereocenters. The number of benzene rings is 1. The molecule has 1 aromatic heterocycles. The number of methoxy groups -OCH3 is 1. The molecule has 0 bridgehead atoms. The van der Waals surface area contributed by atoms with Gasteiger partial charge in [-0.25, -0.2) is 4.79 Å². The fourth-order valence-corrected chi connectivity index (χ4v) is 2.84. The number of carbonyl (C=O) groups excluding carboxylic acids is 1. The van der Waals surface area contributed by atoms with Gasteiger partial charge in [0.15, 0.2) is 0 Å². The van der Waals surface area contributed by atoms with Crippen molar-refractivity contribution in [3.63, 3.8) is 0 Å². The van der Waals surface area contributed by atoms with E-state index in [1.807, 2.05) is 24.3 Å². The summed E-state index contributed by atoms with van der Waals surface area (Å²) in [5, 5.41) is 0.969. The molecule has 0 aliphatic carbocycles. The first-order chi connectivity index (χ1) is 11.1. The topological polar surface area (TPSA) is 91.7 Å². The summed E-state index contributed by atoms with van der Waals surface area (Å²) in [4.78, 5) is 30.1. The highest BCUT2D eigenvalue weighted by Gasteiger charge is 2.20. The smallest absolute Gasteiger partial charge is 0.314 e. The van der Waals surface area contributed by atoms with Gasteiger partial charge in [0.2, 0.25) is 0 Å². The average Bonchev–Trinajstić information content (AvgIpc) is 2.55. The fraction of sp³-hybridized carbons (Fsp3) is 0.375. The number of hydrogen-bond donors (Lipinski definition) is 2. The van der Waals surface area contributed by atoms with Crippen molar-refractivity contribution in [2.24, 2.45) is 5.73 Å². The molecule has 7 heteroatoms. The van der Waals surface area contributed by atoms with Crippen molar-refractivity contribution < 1.29 is 9.53 Å². The maximum absolute atomic E-state index is 12.3. The van der Waals surface area contributed by atoms with E-state index in [9.17, 15) is 9.59 Å². The van der Waals surface area contributed by atoms with Crippen LogP contribution in [0, 0.1) is 0 Å². The van der Waals surface area contributed by atoms with Gasteiger partial charge in [0.05, 0.1) is 12.6 Å². The van der Waals surface area contributed by atoms with Gasteiger partial charge >= 0.3 is 6.03 Å². The highest BCUT2D eigenvalue weighted by atomic mass is 16.5. The molecule has 1 aliphatic rings. The van der Waals surface area contributed by atoms with Crippen LogP contribution in [0.25, 0.3) is 10.9 Å². The molecule has 7 nitrogen and oxygen atoms in total. The molecule has 3 N–H and O–H groups in total. The zero-order chi connectivity index (χ0) is 16.4. The van der Waals surface area contributed by atoms with Crippen LogP contribution in [0.1, 0.15) is 5.56 Å². The number of rotatable bonds is 3. The number of aromatic nitrogens is 1. The fourth-order valence-electron chi connectivity index (χ4n) is 2.84. The number of ether oxygens (including phenoxy) is 1. The number of fused-ring (bicyclic) bond motifs is 1. The molecule has 1 saturated heterocycles. The van der Waals surface area contributed by atoms with Crippen LogP contribution in [0.4, 0.5) is 4.79 Å². The summed E-state index contributed by atoms with van der Waals surface area (Å²) in [5.74, 6) is 0.712. The van der Waals surface area contributed by atoms with E-state index in [0.717, 1.165) is 16.5 Å². The molecule has 0 spiro atoms. The lowest BCUT2D eigenvalue weighted by Crippen LogP contribution is -2.50. The number of piperazine rings is 1. The summed E-state index contributed by atoms with van der Waals surface area (Å²) < 4.78 is 5.17. The Bertz CT molecular complexity index is 778. The van der Waals surface area contributed by atoms with Crippen LogP contribution in [0.3, 0.4) is 0 Å². The lowest BCUT2D eigenvalue weighted by atomic mass is 10.1. The zero-order valence-corrected chi connectivity index (χ0v) is 13.0. The second-order valence-corrected chi connectivity index (χ2v) is 5.68. The van der Waals surface area contributed by atoms with Crippen LogP contribution >= 0.6 is 0 Å². The van der Waals surface area contributed by atoms with Gasteiger partial charge in [-0.3, -0.25) is 9.69 Å². The molecule has 2 aromatic rings. The number of nitrogens with two attached hydrogens (primary N) is 1. The Morgan fingerprint density at radius 2 is 2.00 bits per heavy atom. The third kappa shape index (κ3) is 3.29. The van der Waals surface area contributed by atoms with Gasteiger partial charge in [0.1, 0.15) is 5.75 Å². The Balaban J connectivity index is 1.77. The number of hydrogen-bond acceptors (Lipinski definition) is 4. The van der Waals surface area contributed by atoms with Crippen molar-refractivity contribution >= 4 is 16.9 Å². The maximum atomic E-state index is 12.3. The van der Waals surface area contributed by atoms with Crippen molar-refractivity contribution in [3.05, 3.63) is 40.2 Å². The minimum atomic E-state index is -0.387. The van der Waals surface area contributed by atoms with Gasteiger partial charge in [-0.2, -0.15) is 0 Å². The standard InChI is InChI=1S/C16H20N4O3/c1-23-13-3-2-11-8-12(15(21)18-14(11)9-13)10-19-4-6-20(7-5-19)16(17)22/h2-3,8-9H,4-7,10H2,1H3,(H2,17,22)(H,18,21). The van der Waals surface area contributed by atoms with E-state index in [4.69, 9.17) is 10.5 Å². The van der Waals surface area contributed by atoms with Gasteiger partial charge in [-0.15, -0.1) is 0 Å². The monoisotopic (exact) mass is 316 g/mol. The molecule has 122 valence electrons. The van der Waals surface area contributed by atoms with Crippen LogP contribution in [-0.2, 0) is 6.54 Å². The number of aromatic amines is 1. The predicted octanol–water partition coefficient (Wildman–Crippen LogP) is 0.733. The molecule has 1 aliphatic heterocycles. The molecular weight excluding hydrogens is 296 g/mol. The van der Waals surface area contributed by atoms with E-state index in [0.29, 0.717) is 38.5 Å². The number of primary amides is 1. The van der Waals surface area contributed by atoms with Crippen LogP contribution in [0.15, 0.2) is 29.1 Å². The lowest BCUT2D eigenvalue weighted by Gasteiger charge is -2.33. The molecule has 1 aromatic carbocycles. The zero-order valence-electron chi connectivity index (χ0n) is 13.0. The van der Waals surface area contributed by atoms with Crippen molar-refractivity contribution in [1.29, 1.82) is 0 Å². The van der Waals surface area contributed by atoms with Crippen LogP contribution in [0.5, 0.6) is 5.75 Å². The van der Waals surface area contributed by atoms with Crippen molar-refractivity contribution in [2.75, 3.05) is 33.3 Å². The normalized spacial score (nSPS) is 15.8. The Kier molecular flexibility index (Phi) is 4.20. The van der Waals surface area contributed by atoms with E-state index in [1.165, 1.54) is 0 Å². The van der Waals surface area contributed by atoms with Gasteiger partial charge in [-0.05, 0) is 23.6 Å². The molecule has 0 unspecified atom stereocenters. The Morgan fingerprint density at radius 1 is 1.26 bits per heavy atom. The number of nitrogens with zero attached hydrogens (tertiary/aromatic N) is 2. The number of carbonyl (C=O) groups is 1. The first-order valence-corrected chi connectivity index (χ1v) is 7.53. The Hall–Kier alpha value is -2.54. The first kappa shape index (κ1) is 15.4. The molecular formula is C16H20N4O3. The second kappa shape index (κ2) is 6.29. The van der Waals surface area contributed by atoms with Gasteiger partial charge in [0.25, 0.3) is 5.56 Å². The average molecular weight is 316 g/mol. The quantitative estimate of drug-likeness (QED) is 0.873. The van der Waals surface area contributed by atoms with Crippen molar-refractivity contribution in [2.45, 2.75) is 6.54 Å². The van der Waals surface area contributed by atoms with E-state index in [1.54, 1.807) is 12.0 Å². The summed E-state index contributed by atoms with van der Waals surface area (Å²) in [5.41, 5.74) is 6.66. The summed E-state index contributed by atoms with van der Waals surface area (Å²) >= 11 is 0. The predicted molar refractivity (Wildman–Crippen MR) is 87.6 cm³/mol. The van der Waals surface area contributed by atoms with Crippen LogP contribution < -0.4 is 16.0 Å². The number of urea groups is 1. The summed E-state index contributed by atoms with van der Waals surface area (Å²) in [6, 6.07) is 7.14. The second-order valence-electron chi connectivity index (χ2n) is 5.68. The van der Waals surface area contributed by atoms with Gasteiger partial charge < -0.3 is 20.4 Å². The third-order valence-electron chi connectivity index (χ3n) is 4.21. The molecule has 1 fully saturated rings. The van der Waals surface area contributed by atoms with Crippen LogP contribution in [0.2, 0.25) is 0 Å². The molecule has 23 heavy (non-hydrogen) atoms. The highest BCUT2D eigenvalue weighted by molar-refractivity contribution is 5.80. The molecule has 0 saturated carbocycles. The SMILES string of the molecule is COc1ccc2cc(CN3CCN(C(N)=O)CC3)c(=O)[nH]c2c1. The Morgan fingerprint density at radius 3 is 2.65 bits per heavy atom. The van der Waals surface area contributed by atoms with Gasteiger partial charge in [-0.1, -0.05) is 0 Å². The maximum Gasteiger partial charge on any atom is 0.314 e. The number of pyridine rings is 1. The molecule has 2 amide bonds. The van der Waals surface area contributed by atoms with Crippen molar-refractivity contribution in [1.82, 2.24) is 14.8 Å². The van der Waals surface area contributed by atoms with Crippen molar-refractivity contribution in [3.8, 4) is 5.75 Å². The third-order valence-corrected chi connectivity index (χ3v) is 4.21. The molecule has 0 radical (unpaired) electrons. The molecule has 2 heterocycles. The largest absolute Gasteiger partial charge is 0.497 e. The van der Waals surface area contributed by atoms with E-state index >= 15 is 0 Å². The lowest BCUT2D eigenvalue weighted by molar-refractivity contribution is 0.140. The van der Waals surface area contributed by atoms with Crippen LogP contribution in [-0.4, -0.2) is 54.1 Å². The van der Waals surface area contributed by atoms with Gasteiger partial charge in [0, 0.05) is 44.4 Å². The van der Waals surface area contributed by atoms with E-state index in [-0.39, 0.29) is 11.6 Å². The minimum Gasteiger partial charge on any atom is -0.497 e. The molecule has 3 rings (SSSR count). The minimum absolute atomic E-state index is 0.0944. The number of amides is 2. The number of nitrogens with one attached hydrogen (secondary N) is 1. The summed E-state index contributed by atoms with van der Waals surface area (Å²) in [6.07, 6.45) is 0. The first-order valence-electron chi connectivity index (χ1n) is 7.53. The van der Waals surface area contributed by atoms with E-state index < -0.39 is 0 Å². The summed E-state index contributed by atoms with van der Waals surface area (Å²) in [7, 11) is 1.60. The van der Waals surface area contributed by atoms with E-state index in [2.05, 4.69) is 9.88 Å². The Labute approximate surface area is 133 Å². The highest BCUT2D eigenvalue weighted by Crippen LogP contribution is 2.19. The summed E-state index contributed by atoms with van der Waals surface area (Å²) in [6.45, 7) is 3.17.